The predicted octanol–water partition coefficient (Wildman–Crippen LogP) is -0.994. The van der Waals surface area contributed by atoms with Gasteiger partial charge in [-0.2, -0.15) is 4.98 Å². The third-order valence-electron chi connectivity index (χ3n) is 0.627. The lowest BCUT2D eigenvalue weighted by Crippen LogP contribution is -2.01. The normalized spacial score (nSPS) is 10.9. The summed E-state index contributed by atoms with van der Waals surface area (Å²) in [4.78, 5) is 21.0. The molecule has 0 spiro atoms. The molecule has 1 aromatic rings. The minimum absolute atomic E-state index is 0.109. The summed E-state index contributed by atoms with van der Waals surface area (Å²) in [6.07, 6.45) is 0. The fourth-order valence-electron chi connectivity index (χ4n) is 0.321. The molecule has 0 atom stereocenters. The van der Waals surface area contributed by atoms with Crippen LogP contribution in [-0.4, -0.2) is 20.1 Å². The molecule has 48 valence electrons. The number of nitrogens with zero attached hydrogens (tertiary/aromatic N) is 2. The summed E-state index contributed by atoms with van der Waals surface area (Å²) in [7, 11) is 0. The Morgan fingerprint density at radius 3 is 2.78 bits per heavy atom. The fraction of sp³-hybridized carbons (Fsp3) is 0. The predicted molar refractivity (Wildman–Crippen MR) is 25.9 cm³/mol. The quantitative estimate of drug-likeness (QED) is 0.377. The van der Waals surface area contributed by atoms with Gasteiger partial charge in [0, 0.05) is 5.10 Å². The lowest BCUT2D eigenvalue weighted by molar-refractivity contribution is -0.394. The molecule has 0 aromatic carbocycles. The zero-order valence-electron chi connectivity index (χ0n) is 5.07. The van der Waals surface area contributed by atoms with Gasteiger partial charge in [0.15, 0.2) is 0 Å². The van der Waals surface area contributed by atoms with Gasteiger partial charge in [0.25, 0.3) is 0 Å². The summed E-state index contributed by atoms with van der Waals surface area (Å²) in [6, 6.07) is 0. The monoisotopic (exact) mass is 131 g/mol. The van der Waals surface area contributed by atoms with Crippen LogP contribution in [0.15, 0.2) is 4.79 Å². The SMILES string of the molecule is [2H]n1nc([N+](=O)[O-])[nH]c1=O. The molecular formula is C2H2N4O3. The van der Waals surface area contributed by atoms with Crippen LogP contribution in [-0.2, 0) is 0 Å². The van der Waals surface area contributed by atoms with Crippen LogP contribution < -0.4 is 5.69 Å². The van der Waals surface area contributed by atoms with Gasteiger partial charge in [0.1, 0.15) is 0 Å². The van der Waals surface area contributed by atoms with Gasteiger partial charge < -0.3 is 10.1 Å². The second kappa shape index (κ2) is 1.69. The molecule has 9 heavy (non-hydrogen) atoms. The van der Waals surface area contributed by atoms with Crippen molar-refractivity contribution in [1.29, 1.82) is 0 Å². The summed E-state index contributed by atoms with van der Waals surface area (Å²) in [6.45, 7) is 0. The van der Waals surface area contributed by atoms with E-state index in [9.17, 15) is 14.9 Å². The fourth-order valence-corrected chi connectivity index (χ4v) is 0.321. The van der Waals surface area contributed by atoms with Crippen molar-refractivity contribution in [1.82, 2.24) is 15.2 Å². The van der Waals surface area contributed by atoms with Gasteiger partial charge >= 0.3 is 11.6 Å². The number of nitro groups is 1. The van der Waals surface area contributed by atoms with E-state index < -0.39 is 16.6 Å². The van der Waals surface area contributed by atoms with Crippen LogP contribution in [0.1, 0.15) is 0 Å². The van der Waals surface area contributed by atoms with Crippen molar-refractivity contribution in [3.05, 3.63) is 20.6 Å². The van der Waals surface area contributed by atoms with Gasteiger partial charge in [-0.3, -0.25) is 0 Å². The molecule has 0 unspecified atom stereocenters. The number of H-pyrrole nitrogens is 2. The average molecular weight is 131 g/mol. The van der Waals surface area contributed by atoms with Crippen LogP contribution in [0.5, 0.6) is 0 Å². The Morgan fingerprint density at radius 1 is 1.89 bits per heavy atom. The third kappa shape index (κ3) is 0.929. The van der Waals surface area contributed by atoms with Crippen molar-refractivity contribution < 1.29 is 6.34 Å². The smallest absolute Gasteiger partial charge is 0.390 e. The molecule has 7 nitrogen and oxygen atoms in total. The van der Waals surface area contributed by atoms with E-state index in [-0.39, 0.29) is 5.09 Å². The first kappa shape index (κ1) is 4.24. The Bertz CT molecular complexity index is 313. The number of hydrogen-bond acceptors (Lipinski definition) is 4. The van der Waals surface area contributed by atoms with E-state index in [2.05, 4.69) is 5.10 Å². The largest absolute Gasteiger partial charge is 0.457 e. The van der Waals surface area contributed by atoms with Gasteiger partial charge in [0.2, 0.25) is 1.41 Å². The molecule has 0 aliphatic carbocycles. The van der Waals surface area contributed by atoms with Gasteiger partial charge in [-0.25, -0.2) is 4.79 Å². The standard InChI is InChI=1S/C2H2N4O3/c7-2-3-1(4-5-2)6(8)9/h(H2,3,4,5,7)/i/hD. The summed E-state index contributed by atoms with van der Waals surface area (Å²) in [5, 5.41) is 12.9. The molecule has 0 radical (unpaired) electrons. The highest BCUT2D eigenvalue weighted by atomic mass is 16.6. The van der Waals surface area contributed by atoms with Crippen molar-refractivity contribution in [3.63, 3.8) is 0 Å². The number of rotatable bonds is 1. The van der Waals surface area contributed by atoms with Crippen molar-refractivity contribution in [2.24, 2.45) is 0 Å². The second-order valence-electron chi connectivity index (χ2n) is 1.21. The molecule has 1 aromatic heterocycles. The third-order valence-corrected chi connectivity index (χ3v) is 0.627. The maximum Gasteiger partial charge on any atom is 0.457 e. The van der Waals surface area contributed by atoms with Crippen molar-refractivity contribution in [2.45, 2.75) is 0 Å². The molecule has 0 saturated carbocycles. The lowest BCUT2D eigenvalue weighted by atomic mass is 11.1. The van der Waals surface area contributed by atoms with E-state index in [1.165, 1.54) is 0 Å². The Morgan fingerprint density at radius 2 is 2.56 bits per heavy atom. The topological polar surface area (TPSA) is 105 Å². The molecule has 0 saturated heterocycles. The molecule has 0 aliphatic rings. The Kier molecular flexibility index (Phi) is 0.797. The molecule has 0 bridgehead atoms. The van der Waals surface area contributed by atoms with Crippen LogP contribution in [0.3, 0.4) is 0 Å². The number of aromatic amines is 2. The van der Waals surface area contributed by atoms with Gasteiger partial charge in [-0.05, 0) is 4.92 Å². The molecule has 1 rings (SSSR count). The summed E-state index contributed by atoms with van der Waals surface area (Å²) >= 11 is 0. The van der Waals surface area contributed by atoms with E-state index >= 15 is 0 Å². The van der Waals surface area contributed by atoms with Crippen molar-refractivity contribution in [2.75, 3.05) is 0 Å². The summed E-state index contributed by atoms with van der Waals surface area (Å²) in [5.74, 6) is -0.722. The molecule has 0 amide bonds. The Balaban J connectivity index is 3.23. The van der Waals surface area contributed by atoms with E-state index in [1.807, 2.05) is 0 Å². The maximum absolute atomic E-state index is 10.3. The number of nitrogens with one attached hydrogen (secondary N) is 2. The highest BCUT2D eigenvalue weighted by Gasteiger charge is 2.06. The summed E-state index contributed by atoms with van der Waals surface area (Å²) in [5.41, 5.74) is -0.924. The molecule has 0 fully saturated rings. The lowest BCUT2D eigenvalue weighted by Gasteiger charge is -1.82. The highest BCUT2D eigenvalue weighted by Crippen LogP contribution is 1.91. The minimum atomic E-state index is -0.924. The molecule has 2 N–H and O–H groups in total. The van der Waals surface area contributed by atoms with Gasteiger partial charge in [-0.15, -0.1) is 5.09 Å². The Hall–Kier alpha value is -1.66. The van der Waals surface area contributed by atoms with Crippen molar-refractivity contribution >= 4 is 5.95 Å². The van der Waals surface area contributed by atoms with Crippen LogP contribution in [0.25, 0.3) is 0 Å². The van der Waals surface area contributed by atoms with Crippen molar-refractivity contribution in [3.8, 4) is 0 Å². The van der Waals surface area contributed by atoms with E-state index in [0.29, 0.717) is 0 Å². The van der Waals surface area contributed by atoms with Gasteiger partial charge in [-0.1, -0.05) is 0 Å². The molecule has 1 heterocycles. The van der Waals surface area contributed by atoms with Crippen LogP contribution >= 0.6 is 0 Å². The van der Waals surface area contributed by atoms with E-state index in [0.717, 1.165) is 0 Å². The molecular weight excluding hydrogens is 128 g/mol. The van der Waals surface area contributed by atoms with Gasteiger partial charge in [0.05, 0.1) is 0 Å². The van der Waals surface area contributed by atoms with Crippen LogP contribution in [0.2, 0.25) is 1.41 Å². The van der Waals surface area contributed by atoms with Crippen LogP contribution in [0.4, 0.5) is 5.95 Å². The second-order valence-corrected chi connectivity index (χ2v) is 1.21. The first-order chi connectivity index (χ1) is 4.61. The minimum Gasteiger partial charge on any atom is -0.390 e. The molecule has 0 aliphatic heterocycles. The first-order valence-corrected chi connectivity index (χ1v) is 1.94. The highest BCUT2D eigenvalue weighted by molar-refractivity contribution is 4.95. The number of hydrogen-bond donors (Lipinski definition) is 2. The average Bonchev–Trinajstić information content (AvgIpc) is 2.13. The zero-order chi connectivity index (χ0) is 7.72. The van der Waals surface area contributed by atoms with E-state index in [1.54, 1.807) is 4.98 Å². The molecule has 7 heteroatoms. The maximum atomic E-state index is 10.3. The Labute approximate surface area is 49.3 Å². The first-order valence-electron chi connectivity index (χ1n) is 2.39. The van der Waals surface area contributed by atoms with E-state index in [4.69, 9.17) is 1.41 Å². The summed E-state index contributed by atoms with van der Waals surface area (Å²) < 4.78 is 6.59. The number of aromatic nitrogens is 3. The van der Waals surface area contributed by atoms with Crippen LogP contribution in [0, 0.1) is 10.1 Å². The zero-order valence-corrected chi connectivity index (χ0v) is 4.07.